The van der Waals surface area contributed by atoms with Crippen molar-refractivity contribution >= 4 is 27.7 Å². The number of aryl methyl sites for hydroxylation is 2. The van der Waals surface area contributed by atoms with Gasteiger partial charge in [0.2, 0.25) is 11.8 Å². The van der Waals surface area contributed by atoms with Crippen LogP contribution in [0.1, 0.15) is 65.7 Å². The SMILES string of the molecule is Cc1cccc(C)c1-c1cc2nc(n1)NS(=O)(=O)c1cccc(c1)C(=O)N(Cc1cncc(N3CCC[C@@H]3C3CC3)n1)[C@H](COC1CC1)CO2. The summed E-state index contributed by atoms with van der Waals surface area (Å²) in [4.78, 5) is 37.1. The highest BCUT2D eigenvalue weighted by atomic mass is 32.2. The van der Waals surface area contributed by atoms with E-state index in [1.54, 1.807) is 29.3 Å². The van der Waals surface area contributed by atoms with Crippen molar-refractivity contribution in [2.75, 3.05) is 29.4 Å². The third kappa shape index (κ3) is 6.88. The number of benzene rings is 2. The average Bonchev–Trinajstić information content (AvgIpc) is 4.05. The van der Waals surface area contributed by atoms with E-state index < -0.39 is 16.1 Å². The molecular formula is C37H41N7O5S. The van der Waals surface area contributed by atoms with E-state index in [0.29, 0.717) is 23.3 Å². The Morgan fingerprint density at radius 1 is 0.960 bits per heavy atom. The van der Waals surface area contributed by atoms with Crippen molar-refractivity contribution in [1.82, 2.24) is 24.8 Å². The first-order valence-electron chi connectivity index (χ1n) is 17.4. The molecule has 2 saturated carbocycles. The summed E-state index contributed by atoms with van der Waals surface area (Å²) in [6, 6.07) is 13.6. The highest BCUT2D eigenvalue weighted by molar-refractivity contribution is 7.92. The molecule has 260 valence electrons. The van der Waals surface area contributed by atoms with Gasteiger partial charge < -0.3 is 19.3 Å². The molecule has 4 bridgehead atoms. The molecule has 4 aliphatic rings. The van der Waals surface area contributed by atoms with Crippen molar-refractivity contribution in [3.8, 4) is 17.1 Å². The number of carbonyl (C=O) groups excluding carboxylic acids is 1. The molecule has 4 aromatic rings. The van der Waals surface area contributed by atoms with E-state index >= 15 is 0 Å². The fraction of sp³-hybridized carbons (Fsp3) is 0.432. The van der Waals surface area contributed by atoms with E-state index in [1.807, 2.05) is 38.2 Å². The minimum atomic E-state index is -4.18. The van der Waals surface area contributed by atoms with E-state index in [-0.39, 0.29) is 54.1 Å². The molecule has 0 unspecified atom stereocenters. The molecule has 2 aromatic heterocycles. The summed E-state index contributed by atoms with van der Waals surface area (Å²) in [5.74, 6) is 1.21. The maximum Gasteiger partial charge on any atom is 0.264 e. The van der Waals surface area contributed by atoms with Gasteiger partial charge in [0.05, 0.1) is 54.0 Å². The van der Waals surface area contributed by atoms with Gasteiger partial charge in [0.25, 0.3) is 15.9 Å². The van der Waals surface area contributed by atoms with Gasteiger partial charge in [-0.05, 0) is 87.6 Å². The summed E-state index contributed by atoms with van der Waals surface area (Å²) in [7, 11) is -4.18. The quantitative estimate of drug-likeness (QED) is 0.258. The normalized spacial score (nSPS) is 21.8. The molecule has 12 nitrogen and oxygen atoms in total. The molecule has 1 N–H and O–H groups in total. The van der Waals surface area contributed by atoms with Crippen LogP contribution in [0.15, 0.2) is 65.8 Å². The van der Waals surface area contributed by atoms with Gasteiger partial charge in [0.1, 0.15) is 12.4 Å². The summed E-state index contributed by atoms with van der Waals surface area (Å²) >= 11 is 0. The van der Waals surface area contributed by atoms with Crippen LogP contribution < -0.4 is 14.4 Å². The van der Waals surface area contributed by atoms with Crippen LogP contribution in [0, 0.1) is 19.8 Å². The summed E-state index contributed by atoms with van der Waals surface area (Å²) in [5.41, 5.74) is 4.17. The van der Waals surface area contributed by atoms with Crippen LogP contribution in [0.3, 0.4) is 0 Å². The van der Waals surface area contributed by atoms with E-state index in [4.69, 9.17) is 14.5 Å². The summed E-state index contributed by atoms with van der Waals surface area (Å²) < 4.78 is 42.6. The van der Waals surface area contributed by atoms with E-state index in [0.717, 1.165) is 54.7 Å². The molecule has 0 radical (unpaired) electrons. The lowest BCUT2D eigenvalue weighted by molar-refractivity contribution is 0.0209. The van der Waals surface area contributed by atoms with Crippen LogP contribution in [0.25, 0.3) is 11.3 Å². The van der Waals surface area contributed by atoms with Gasteiger partial charge in [-0.2, -0.15) is 4.98 Å². The fourth-order valence-corrected chi connectivity index (χ4v) is 8.11. The first-order chi connectivity index (χ1) is 24.2. The number of rotatable bonds is 8. The molecule has 0 spiro atoms. The molecular weight excluding hydrogens is 655 g/mol. The molecule has 1 amide bonds. The number of sulfonamides is 1. The summed E-state index contributed by atoms with van der Waals surface area (Å²) in [6.07, 6.45) is 10.4. The molecule has 8 rings (SSSR count). The molecule has 2 aromatic carbocycles. The number of nitrogens with one attached hydrogen (secondary N) is 1. The minimum absolute atomic E-state index is 0.0382. The maximum absolute atomic E-state index is 14.5. The number of carbonyl (C=O) groups is 1. The lowest BCUT2D eigenvalue weighted by Gasteiger charge is -2.32. The molecule has 13 heteroatoms. The molecule has 2 aliphatic carbocycles. The van der Waals surface area contributed by atoms with Crippen molar-refractivity contribution in [2.24, 2.45) is 5.92 Å². The van der Waals surface area contributed by atoms with Crippen LogP contribution in [0.4, 0.5) is 11.8 Å². The number of nitrogens with zero attached hydrogens (tertiary/aromatic N) is 6. The summed E-state index contributed by atoms with van der Waals surface area (Å²) in [6.45, 7) is 5.28. The Kier molecular flexibility index (Phi) is 8.64. The Labute approximate surface area is 292 Å². The number of amides is 1. The largest absolute Gasteiger partial charge is 0.475 e. The maximum atomic E-state index is 14.5. The van der Waals surface area contributed by atoms with Crippen molar-refractivity contribution in [2.45, 2.75) is 82.0 Å². The van der Waals surface area contributed by atoms with Gasteiger partial charge in [-0.25, -0.2) is 23.1 Å². The molecule has 3 fully saturated rings. The lowest BCUT2D eigenvalue weighted by atomic mass is 10.00. The van der Waals surface area contributed by atoms with Crippen LogP contribution in [0.5, 0.6) is 5.88 Å². The Morgan fingerprint density at radius 2 is 1.76 bits per heavy atom. The minimum Gasteiger partial charge on any atom is -0.475 e. The summed E-state index contributed by atoms with van der Waals surface area (Å²) in [5, 5.41) is 0. The van der Waals surface area contributed by atoms with E-state index in [2.05, 4.69) is 24.6 Å². The van der Waals surface area contributed by atoms with Gasteiger partial charge in [-0.3, -0.25) is 9.78 Å². The highest BCUT2D eigenvalue weighted by Gasteiger charge is 2.39. The molecule has 2 atom stereocenters. The van der Waals surface area contributed by atoms with Gasteiger partial charge in [0.15, 0.2) is 0 Å². The second kappa shape index (κ2) is 13.3. The molecule has 1 saturated heterocycles. The predicted molar refractivity (Wildman–Crippen MR) is 187 cm³/mol. The van der Waals surface area contributed by atoms with Gasteiger partial charge in [-0.15, -0.1) is 0 Å². The third-order valence-corrected chi connectivity index (χ3v) is 11.3. The predicted octanol–water partition coefficient (Wildman–Crippen LogP) is 5.31. The number of anilines is 2. The van der Waals surface area contributed by atoms with Crippen molar-refractivity contribution in [3.63, 3.8) is 0 Å². The standard InChI is InChI=1S/C37H41N7O5S/c1-23-6-3-7-24(2)35(23)31-17-34-41-37(40-31)42-50(46,47)30-9-4-8-26(16-30)36(45)44(28(22-49-34)21-48-29-13-14-29)20-27-18-38-19-33(39-27)43-15-5-10-32(43)25-11-12-25/h3-4,6-9,16-19,25,28-29,32H,5,10-15,20-22H2,1-2H3,(H,40,41,42)/t28-,32-/m1/s1. The Bertz CT molecular complexity index is 2010. The monoisotopic (exact) mass is 695 g/mol. The first-order valence-corrected chi connectivity index (χ1v) is 18.9. The number of hydrogen-bond donors (Lipinski definition) is 1. The first kappa shape index (κ1) is 32.6. The number of ether oxygens (including phenoxy) is 2. The Balaban J connectivity index is 1.19. The van der Waals surface area contributed by atoms with Gasteiger partial charge in [0, 0.05) is 29.8 Å². The van der Waals surface area contributed by atoms with Crippen LogP contribution in [0.2, 0.25) is 0 Å². The third-order valence-electron chi connectivity index (χ3n) is 9.99. The highest BCUT2D eigenvalue weighted by Crippen LogP contribution is 2.41. The van der Waals surface area contributed by atoms with Gasteiger partial charge in [-0.1, -0.05) is 24.3 Å². The van der Waals surface area contributed by atoms with Crippen molar-refractivity contribution in [3.05, 3.63) is 83.3 Å². The zero-order valence-corrected chi connectivity index (χ0v) is 29.1. The second-order valence-electron chi connectivity index (χ2n) is 13.9. The Morgan fingerprint density at radius 3 is 2.54 bits per heavy atom. The topological polar surface area (TPSA) is 140 Å². The zero-order chi connectivity index (χ0) is 34.4. The van der Waals surface area contributed by atoms with Crippen LogP contribution in [-0.4, -0.2) is 77.1 Å². The number of hydrogen-bond acceptors (Lipinski definition) is 10. The lowest BCUT2D eigenvalue weighted by Crippen LogP contribution is -2.46. The van der Waals surface area contributed by atoms with Crippen molar-refractivity contribution < 1.29 is 22.7 Å². The van der Waals surface area contributed by atoms with E-state index in [9.17, 15) is 13.2 Å². The number of fused-ring (bicyclic) bond motifs is 4. The molecule has 50 heavy (non-hydrogen) atoms. The zero-order valence-electron chi connectivity index (χ0n) is 28.3. The second-order valence-corrected chi connectivity index (χ2v) is 15.5. The number of aromatic nitrogens is 4. The molecule has 2 aliphatic heterocycles. The van der Waals surface area contributed by atoms with Crippen LogP contribution >= 0.6 is 0 Å². The van der Waals surface area contributed by atoms with Gasteiger partial charge >= 0.3 is 0 Å². The molecule has 4 heterocycles. The van der Waals surface area contributed by atoms with Crippen molar-refractivity contribution in [1.29, 1.82) is 0 Å². The fourth-order valence-electron chi connectivity index (χ4n) is 7.12. The van der Waals surface area contributed by atoms with Crippen LogP contribution in [-0.2, 0) is 21.3 Å². The smallest absolute Gasteiger partial charge is 0.264 e. The Hall–Kier alpha value is -4.62. The van der Waals surface area contributed by atoms with E-state index in [1.165, 1.54) is 25.0 Å². The average molecular weight is 696 g/mol.